The second kappa shape index (κ2) is 9.90. The summed E-state index contributed by atoms with van der Waals surface area (Å²) in [6.45, 7) is 4.26. The minimum absolute atomic E-state index is 0.221. The molecule has 3 aromatic rings. The molecule has 1 saturated carbocycles. The summed E-state index contributed by atoms with van der Waals surface area (Å²) in [5, 5.41) is 1.92. The summed E-state index contributed by atoms with van der Waals surface area (Å²) in [6.07, 6.45) is 8.76. The number of piperidine rings is 1. The summed E-state index contributed by atoms with van der Waals surface area (Å²) in [7, 11) is 1.71. The van der Waals surface area contributed by atoms with Gasteiger partial charge in [0, 0.05) is 41.2 Å². The number of likely N-dealkylation sites (tertiary alicyclic amines) is 1. The highest BCUT2D eigenvalue weighted by Gasteiger charge is 2.32. The van der Waals surface area contributed by atoms with Crippen LogP contribution in [0.1, 0.15) is 48.0 Å². The molecule has 5 heteroatoms. The average molecular weight is 465 g/mol. The Morgan fingerprint density at radius 2 is 1.94 bits per heavy atom. The maximum Gasteiger partial charge on any atom is 0.168 e. The van der Waals surface area contributed by atoms with E-state index in [2.05, 4.69) is 33.9 Å². The van der Waals surface area contributed by atoms with E-state index in [9.17, 15) is 4.79 Å². The Bertz CT molecular complexity index is 1130. The van der Waals surface area contributed by atoms with Crippen molar-refractivity contribution in [3.8, 4) is 5.75 Å². The molecular weight excluding hydrogens is 432 g/mol. The van der Waals surface area contributed by atoms with E-state index in [1.54, 1.807) is 7.11 Å². The third kappa shape index (κ3) is 4.97. The van der Waals surface area contributed by atoms with Gasteiger partial charge in [-0.2, -0.15) is 0 Å². The molecule has 0 radical (unpaired) electrons. The van der Waals surface area contributed by atoms with Gasteiger partial charge in [-0.05, 0) is 75.2 Å². The third-order valence-corrected chi connectivity index (χ3v) is 7.61. The van der Waals surface area contributed by atoms with Gasteiger partial charge < -0.3 is 14.2 Å². The molecule has 2 aromatic carbocycles. The zero-order valence-electron chi connectivity index (χ0n) is 19.4. The number of carbonyl (C=O) groups is 1. The van der Waals surface area contributed by atoms with Crippen LogP contribution in [0.15, 0.2) is 48.7 Å². The first-order valence-electron chi connectivity index (χ1n) is 12.3. The lowest BCUT2D eigenvalue weighted by Crippen LogP contribution is -2.37. The number of hydrogen-bond donors (Lipinski definition) is 0. The number of carbonyl (C=O) groups excluding carboxylic acids is 1. The number of nitrogens with zero attached hydrogens (tertiary/aromatic N) is 2. The number of methoxy groups -OCH3 is 1. The van der Waals surface area contributed by atoms with Crippen LogP contribution < -0.4 is 4.74 Å². The van der Waals surface area contributed by atoms with Crippen LogP contribution in [0.2, 0.25) is 5.02 Å². The second-order valence-corrected chi connectivity index (χ2v) is 10.1. The van der Waals surface area contributed by atoms with E-state index >= 15 is 0 Å². The molecule has 1 aliphatic heterocycles. The Balaban J connectivity index is 1.24. The van der Waals surface area contributed by atoms with E-state index in [1.807, 2.05) is 24.3 Å². The monoisotopic (exact) mass is 464 g/mol. The molecule has 4 nitrogen and oxygen atoms in total. The molecule has 2 heterocycles. The number of para-hydroxylation sites is 1. The summed E-state index contributed by atoms with van der Waals surface area (Å²) in [5.41, 5.74) is 3.19. The first kappa shape index (κ1) is 22.5. The molecule has 1 unspecified atom stereocenters. The van der Waals surface area contributed by atoms with E-state index in [0.717, 1.165) is 72.6 Å². The lowest BCUT2D eigenvalue weighted by Gasteiger charge is -2.33. The fourth-order valence-corrected chi connectivity index (χ4v) is 5.60. The third-order valence-electron chi connectivity index (χ3n) is 7.24. The van der Waals surface area contributed by atoms with Crippen LogP contribution in [0, 0.1) is 11.8 Å². The highest BCUT2D eigenvalue weighted by Crippen LogP contribution is 2.37. The number of ether oxygens (including phenoxy) is 1. The predicted octanol–water partition coefficient (Wildman–Crippen LogP) is 6.24. The van der Waals surface area contributed by atoms with Gasteiger partial charge in [0.2, 0.25) is 0 Å². The molecule has 2 fully saturated rings. The van der Waals surface area contributed by atoms with E-state index in [-0.39, 0.29) is 5.92 Å². The quantitative estimate of drug-likeness (QED) is 0.351. The van der Waals surface area contributed by atoms with Crippen LogP contribution in [0.25, 0.3) is 10.9 Å². The lowest BCUT2D eigenvalue weighted by molar-refractivity contribution is 0.0969. The van der Waals surface area contributed by atoms with Gasteiger partial charge >= 0.3 is 0 Å². The second-order valence-electron chi connectivity index (χ2n) is 9.69. The van der Waals surface area contributed by atoms with Crippen molar-refractivity contribution >= 4 is 28.3 Å². The average Bonchev–Trinajstić information content (AvgIpc) is 3.62. The number of rotatable bonds is 9. The van der Waals surface area contributed by atoms with E-state index < -0.39 is 0 Å². The van der Waals surface area contributed by atoms with Crippen LogP contribution in [-0.4, -0.2) is 42.0 Å². The Hall–Kier alpha value is -2.30. The molecule has 2 aliphatic rings. The topological polar surface area (TPSA) is 34.5 Å². The standard InChI is InChI=1S/C28H33ClN2O2/c1-33-26-11-4-9-23-24(28(32)21-12-13-21)19-31(27(23)26)16-6-15-30-14-5-7-20(18-30)17-22-8-2-3-10-25(22)29/h2-4,8-11,19-21H,5-7,12-18H2,1H3. The number of halogens is 1. The summed E-state index contributed by atoms with van der Waals surface area (Å²) in [5.74, 6) is 2.03. The molecule has 33 heavy (non-hydrogen) atoms. The fourth-order valence-electron chi connectivity index (χ4n) is 5.39. The number of Topliss-reactive ketones (excluding diaryl/α,β-unsaturated/α-hetero) is 1. The Kier molecular flexibility index (Phi) is 6.75. The van der Waals surface area contributed by atoms with Gasteiger partial charge in [-0.25, -0.2) is 0 Å². The van der Waals surface area contributed by atoms with Gasteiger partial charge in [-0.3, -0.25) is 4.79 Å². The fraction of sp³-hybridized carbons (Fsp3) is 0.464. The van der Waals surface area contributed by atoms with Gasteiger partial charge in [0.05, 0.1) is 12.6 Å². The van der Waals surface area contributed by atoms with Crippen LogP contribution in [0.3, 0.4) is 0 Å². The largest absolute Gasteiger partial charge is 0.495 e. The van der Waals surface area contributed by atoms with Crippen molar-refractivity contribution in [1.29, 1.82) is 0 Å². The van der Waals surface area contributed by atoms with E-state index in [0.29, 0.717) is 11.7 Å². The van der Waals surface area contributed by atoms with Gasteiger partial charge in [0.1, 0.15) is 5.75 Å². The number of ketones is 1. The van der Waals surface area contributed by atoms with Crippen molar-refractivity contribution in [2.24, 2.45) is 11.8 Å². The summed E-state index contributed by atoms with van der Waals surface area (Å²) in [6, 6.07) is 14.3. The molecule has 1 aromatic heterocycles. The smallest absolute Gasteiger partial charge is 0.168 e. The summed E-state index contributed by atoms with van der Waals surface area (Å²) >= 11 is 6.40. The van der Waals surface area contributed by atoms with Crippen LogP contribution in [0.5, 0.6) is 5.75 Å². The zero-order valence-corrected chi connectivity index (χ0v) is 20.2. The maximum absolute atomic E-state index is 12.9. The predicted molar refractivity (Wildman–Crippen MR) is 134 cm³/mol. The van der Waals surface area contributed by atoms with Crippen molar-refractivity contribution in [2.45, 2.75) is 45.1 Å². The van der Waals surface area contributed by atoms with Crippen LogP contribution in [-0.2, 0) is 13.0 Å². The molecule has 1 saturated heterocycles. The summed E-state index contributed by atoms with van der Waals surface area (Å²) in [4.78, 5) is 15.5. The van der Waals surface area contributed by atoms with Crippen molar-refractivity contribution in [1.82, 2.24) is 9.47 Å². The molecule has 1 aliphatic carbocycles. The molecular formula is C28H33ClN2O2. The molecule has 1 atom stereocenters. The van der Waals surface area contributed by atoms with Gasteiger partial charge in [-0.1, -0.05) is 41.9 Å². The van der Waals surface area contributed by atoms with Crippen molar-refractivity contribution in [2.75, 3.05) is 26.7 Å². The highest BCUT2D eigenvalue weighted by molar-refractivity contribution is 6.31. The number of benzene rings is 2. The number of aryl methyl sites for hydroxylation is 1. The van der Waals surface area contributed by atoms with Gasteiger partial charge in [-0.15, -0.1) is 0 Å². The maximum atomic E-state index is 12.9. The van der Waals surface area contributed by atoms with Gasteiger partial charge in [0.15, 0.2) is 5.78 Å². The first-order valence-corrected chi connectivity index (χ1v) is 12.7. The molecule has 5 rings (SSSR count). The zero-order chi connectivity index (χ0) is 22.8. The Morgan fingerprint density at radius 1 is 1.09 bits per heavy atom. The SMILES string of the molecule is COc1cccc2c(C(=O)C3CC3)cn(CCCN3CCCC(Cc4ccccc4Cl)C3)c12. The normalized spacial score (nSPS) is 19.2. The number of aromatic nitrogens is 1. The van der Waals surface area contributed by atoms with Crippen molar-refractivity contribution < 1.29 is 9.53 Å². The van der Waals surface area contributed by atoms with Crippen LogP contribution >= 0.6 is 11.6 Å². The first-order chi connectivity index (χ1) is 16.1. The molecule has 0 spiro atoms. The van der Waals surface area contributed by atoms with Crippen molar-refractivity contribution in [3.63, 3.8) is 0 Å². The number of hydrogen-bond acceptors (Lipinski definition) is 3. The van der Waals surface area contributed by atoms with Gasteiger partial charge in [0.25, 0.3) is 0 Å². The molecule has 174 valence electrons. The molecule has 0 N–H and O–H groups in total. The Labute approximate surface area is 201 Å². The van der Waals surface area contributed by atoms with Crippen molar-refractivity contribution in [3.05, 3.63) is 64.8 Å². The Morgan fingerprint density at radius 3 is 2.73 bits per heavy atom. The van der Waals surface area contributed by atoms with E-state index in [1.165, 1.54) is 24.9 Å². The molecule has 0 amide bonds. The summed E-state index contributed by atoms with van der Waals surface area (Å²) < 4.78 is 7.91. The van der Waals surface area contributed by atoms with E-state index in [4.69, 9.17) is 16.3 Å². The number of fused-ring (bicyclic) bond motifs is 1. The minimum Gasteiger partial charge on any atom is -0.495 e. The lowest BCUT2D eigenvalue weighted by atomic mass is 9.91. The highest BCUT2D eigenvalue weighted by atomic mass is 35.5. The molecule has 0 bridgehead atoms. The minimum atomic E-state index is 0.221. The van der Waals surface area contributed by atoms with Crippen LogP contribution in [0.4, 0.5) is 0 Å².